The summed E-state index contributed by atoms with van der Waals surface area (Å²) in [6.45, 7) is 5.97. The Morgan fingerprint density at radius 1 is 1.00 bits per heavy atom. The van der Waals surface area contributed by atoms with Gasteiger partial charge in [-0.25, -0.2) is 0 Å². The van der Waals surface area contributed by atoms with Crippen LogP contribution >= 0.6 is 23.1 Å². The number of hydrogen-bond donors (Lipinski definition) is 2. The summed E-state index contributed by atoms with van der Waals surface area (Å²) < 4.78 is 11.2. The van der Waals surface area contributed by atoms with Crippen molar-refractivity contribution >= 4 is 45.5 Å². The van der Waals surface area contributed by atoms with Gasteiger partial charge in [0.2, 0.25) is 11.0 Å². The van der Waals surface area contributed by atoms with Gasteiger partial charge in [-0.1, -0.05) is 29.2 Å². The molecule has 30 heavy (non-hydrogen) atoms. The molecular weight excluding hydrogens is 420 g/mol. The normalized spacial score (nSPS) is 11.6. The van der Waals surface area contributed by atoms with Gasteiger partial charge in [0.1, 0.15) is 11.5 Å². The SMILES string of the molecule is COc1cc(NC(=O)C(C)Sc2nnc(Nc3ccc(C)c(C)c3)s2)cc(OC)c1. The Morgan fingerprint density at radius 2 is 1.70 bits per heavy atom. The smallest absolute Gasteiger partial charge is 0.237 e. The van der Waals surface area contributed by atoms with Crippen LogP contribution in [0.25, 0.3) is 0 Å². The maximum Gasteiger partial charge on any atom is 0.237 e. The summed E-state index contributed by atoms with van der Waals surface area (Å²) in [6.07, 6.45) is 0. The van der Waals surface area contributed by atoms with Crippen LogP contribution in [0.2, 0.25) is 0 Å². The van der Waals surface area contributed by atoms with Gasteiger partial charge < -0.3 is 20.1 Å². The molecule has 3 rings (SSSR count). The maximum absolute atomic E-state index is 12.6. The van der Waals surface area contributed by atoms with Gasteiger partial charge in [0, 0.05) is 29.6 Å². The number of nitrogens with one attached hydrogen (secondary N) is 2. The minimum atomic E-state index is -0.357. The van der Waals surface area contributed by atoms with E-state index in [0.29, 0.717) is 26.7 Å². The number of ether oxygens (including phenoxy) is 2. The Kier molecular flexibility index (Phi) is 7.17. The van der Waals surface area contributed by atoms with Crippen molar-refractivity contribution in [3.63, 3.8) is 0 Å². The molecule has 1 heterocycles. The largest absolute Gasteiger partial charge is 0.497 e. The third kappa shape index (κ3) is 5.64. The Bertz CT molecular complexity index is 1020. The van der Waals surface area contributed by atoms with E-state index in [1.165, 1.54) is 34.2 Å². The number of carbonyl (C=O) groups is 1. The van der Waals surface area contributed by atoms with Crippen molar-refractivity contribution in [2.24, 2.45) is 0 Å². The average Bonchev–Trinajstić information content (AvgIpc) is 3.16. The number of aryl methyl sites for hydroxylation is 2. The topological polar surface area (TPSA) is 85.4 Å². The quantitative estimate of drug-likeness (QED) is 0.471. The second-order valence-electron chi connectivity index (χ2n) is 6.65. The van der Waals surface area contributed by atoms with Crippen LogP contribution in [-0.2, 0) is 4.79 Å². The summed E-state index contributed by atoms with van der Waals surface area (Å²) in [7, 11) is 3.13. The molecular formula is C21H24N4O3S2. The number of hydrogen-bond acceptors (Lipinski definition) is 8. The van der Waals surface area contributed by atoms with Gasteiger partial charge >= 0.3 is 0 Å². The summed E-state index contributed by atoms with van der Waals surface area (Å²) >= 11 is 2.77. The zero-order valence-electron chi connectivity index (χ0n) is 17.5. The molecule has 0 saturated carbocycles. The first-order valence-electron chi connectivity index (χ1n) is 9.26. The van der Waals surface area contributed by atoms with Crippen LogP contribution in [0.15, 0.2) is 40.7 Å². The van der Waals surface area contributed by atoms with Crippen molar-refractivity contribution < 1.29 is 14.3 Å². The molecule has 0 saturated heterocycles. The molecule has 2 N–H and O–H groups in total. The Balaban J connectivity index is 1.61. The molecule has 1 amide bonds. The lowest BCUT2D eigenvalue weighted by molar-refractivity contribution is -0.115. The van der Waals surface area contributed by atoms with Crippen LogP contribution in [-0.4, -0.2) is 35.6 Å². The minimum absolute atomic E-state index is 0.144. The number of anilines is 3. The molecule has 0 aliphatic heterocycles. The number of aromatic nitrogens is 2. The molecule has 0 bridgehead atoms. The van der Waals surface area contributed by atoms with E-state index in [-0.39, 0.29) is 11.2 Å². The molecule has 0 radical (unpaired) electrons. The molecule has 9 heteroatoms. The van der Waals surface area contributed by atoms with Crippen molar-refractivity contribution in [1.82, 2.24) is 10.2 Å². The maximum atomic E-state index is 12.6. The van der Waals surface area contributed by atoms with Gasteiger partial charge in [-0.2, -0.15) is 0 Å². The predicted octanol–water partition coefficient (Wildman–Crippen LogP) is 5.04. The summed E-state index contributed by atoms with van der Waals surface area (Å²) in [5.74, 6) is 1.07. The molecule has 7 nitrogen and oxygen atoms in total. The second kappa shape index (κ2) is 9.82. The first kappa shape index (κ1) is 21.9. The van der Waals surface area contributed by atoms with E-state index in [1.807, 2.05) is 13.0 Å². The highest BCUT2D eigenvalue weighted by Crippen LogP contribution is 2.32. The summed E-state index contributed by atoms with van der Waals surface area (Å²) in [5.41, 5.74) is 4.02. The van der Waals surface area contributed by atoms with E-state index in [4.69, 9.17) is 9.47 Å². The molecule has 1 aromatic heterocycles. The molecule has 0 aliphatic carbocycles. The fourth-order valence-electron chi connectivity index (χ4n) is 2.58. The van der Waals surface area contributed by atoms with Gasteiger partial charge in [-0.3, -0.25) is 4.79 Å². The third-order valence-corrected chi connectivity index (χ3v) is 6.45. The number of methoxy groups -OCH3 is 2. The highest BCUT2D eigenvalue weighted by Gasteiger charge is 2.18. The van der Waals surface area contributed by atoms with E-state index < -0.39 is 0 Å². The van der Waals surface area contributed by atoms with Crippen LogP contribution in [0.3, 0.4) is 0 Å². The lowest BCUT2D eigenvalue weighted by Crippen LogP contribution is -2.22. The number of benzene rings is 2. The molecule has 1 unspecified atom stereocenters. The highest BCUT2D eigenvalue weighted by molar-refractivity contribution is 8.02. The molecule has 1 atom stereocenters. The van der Waals surface area contributed by atoms with Crippen molar-refractivity contribution in [2.45, 2.75) is 30.4 Å². The molecule has 3 aromatic rings. The van der Waals surface area contributed by atoms with E-state index in [0.717, 1.165) is 5.69 Å². The average molecular weight is 445 g/mol. The number of amides is 1. The van der Waals surface area contributed by atoms with Crippen LogP contribution in [0.1, 0.15) is 18.1 Å². The Morgan fingerprint density at radius 3 is 2.33 bits per heavy atom. The van der Waals surface area contributed by atoms with E-state index in [1.54, 1.807) is 32.4 Å². The monoisotopic (exact) mass is 444 g/mol. The fourth-order valence-corrected chi connectivity index (χ4v) is 4.50. The van der Waals surface area contributed by atoms with Crippen LogP contribution in [0.5, 0.6) is 11.5 Å². The zero-order chi connectivity index (χ0) is 21.7. The molecule has 0 spiro atoms. The number of carbonyl (C=O) groups excluding carboxylic acids is 1. The molecule has 0 aliphatic rings. The van der Waals surface area contributed by atoms with Crippen LogP contribution < -0.4 is 20.1 Å². The fraction of sp³-hybridized carbons (Fsp3) is 0.286. The van der Waals surface area contributed by atoms with Crippen LogP contribution in [0.4, 0.5) is 16.5 Å². The first-order valence-corrected chi connectivity index (χ1v) is 11.0. The predicted molar refractivity (Wildman–Crippen MR) is 123 cm³/mol. The van der Waals surface area contributed by atoms with Gasteiger partial charge in [-0.15, -0.1) is 10.2 Å². The molecule has 0 fully saturated rings. The first-order chi connectivity index (χ1) is 14.4. The highest BCUT2D eigenvalue weighted by atomic mass is 32.2. The third-order valence-electron chi connectivity index (χ3n) is 4.43. The zero-order valence-corrected chi connectivity index (χ0v) is 19.1. The van der Waals surface area contributed by atoms with Crippen molar-refractivity contribution in [3.05, 3.63) is 47.5 Å². The summed E-state index contributed by atoms with van der Waals surface area (Å²) in [5, 5.41) is 14.8. The van der Waals surface area contributed by atoms with Gasteiger partial charge in [0.15, 0.2) is 4.34 Å². The van der Waals surface area contributed by atoms with Crippen LogP contribution in [0, 0.1) is 13.8 Å². The van der Waals surface area contributed by atoms with Gasteiger partial charge in [0.25, 0.3) is 0 Å². The van der Waals surface area contributed by atoms with Crippen molar-refractivity contribution in [1.29, 1.82) is 0 Å². The van der Waals surface area contributed by atoms with E-state index in [2.05, 4.69) is 46.8 Å². The minimum Gasteiger partial charge on any atom is -0.497 e. The van der Waals surface area contributed by atoms with Gasteiger partial charge in [0.05, 0.1) is 19.5 Å². The number of nitrogens with zero attached hydrogens (tertiary/aromatic N) is 2. The standard InChI is InChI=1S/C21H24N4O3S2/c1-12-6-7-15(8-13(12)2)23-20-24-25-21(30-20)29-14(3)19(26)22-16-9-17(27-4)11-18(10-16)28-5/h6-11,14H,1-5H3,(H,22,26)(H,23,24). The van der Waals surface area contributed by atoms with Crippen molar-refractivity contribution in [2.75, 3.05) is 24.9 Å². The number of rotatable bonds is 8. The molecule has 158 valence electrons. The van der Waals surface area contributed by atoms with Gasteiger partial charge in [-0.05, 0) is 44.0 Å². The Hall–Kier alpha value is -2.78. The lowest BCUT2D eigenvalue weighted by Gasteiger charge is -2.12. The van der Waals surface area contributed by atoms with E-state index >= 15 is 0 Å². The second-order valence-corrected chi connectivity index (χ2v) is 9.21. The van der Waals surface area contributed by atoms with E-state index in [9.17, 15) is 4.79 Å². The lowest BCUT2D eigenvalue weighted by atomic mass is 10.1. The van der Waals surface area contributed by atoms with Crippen molar-refractivity contribution in [3.8, 4) is 11.5 Å². The Labute approximate surface area is 184 Å². The number of thioether (sulfide) groups is 1. The summed E-state index contributed by atoms with van der Waals surface area (Å²) in [6, 6.07) is 11.4. The molecule has 2 aromatic carbocycles. The summed E-state index contributed by atoms with van der Waals surface area (Å²) in [4.78, 5) is 12.6.